The van der Waals surface area contributed by atoms with Gasteiger partial charge in [0.15, 0.2) is 0 Å². The minimum Gasteiger partial charge on any atom is -0.497 e. The summed E-state index contributed by atoms with van der Waals surface area (Å²) in [6.07, 6.45) is -0.0849. The molecule has 2 rings (SSSR count). The summed E-state index contributed by atoms with van der Waals surface area (Å²) in [7, 11) is 1.60. The fourth-order valence-electron chi connectivity index (χ4n) is 1.96. The Kier molecular flexibility index (Phi) is 3.10. The second-order valence-corrected chi connectivity index (χ2v) is 3.79. The monoisotopic (exact) mass is 222 g/mol. The second kappa shape index (κ2) is 4.53. The topological polar surface area (TPSA) is 55.8 Å². The lowest BCUT2D eigenvalue weighted by Gasteiger charge is -2.15. The number of hydrogen-bond acceptors (Lipinski definition) is 4. The largest absolute Gasteiger partial charge is 0.497 e. The van der Waals surface area contributed by atoms with Gasteiger partial charge in [0.05, 0.1) is 20.1 Å². The molecule has 1 saturated heterocycles. The first kappa shape index (κ1) is 11.0. The van der Waals surface area contributed by atoms with Crippen LogP contribution in [0.25, 0.3) is 0 Å². The van der Waals surface area contributed by atoms with E-state index in [9.17, 15) is 4.79 Å². The Bertz CT molecular complexity index is 371. The molecule has 0 unspecified atom stereocenters. The van der Waals surface area contributed by atoms with Gasteiger partial charge in [-0.15, -0.1) is 0 Å². The molecule has 0 spiro atoms. The van der Waals surface area contributed by atoms with Crippen LogP contribution >= 0.6 is 0 Å². The Balaban J connectivity index is 2.19. The molecule has 1 aromatic rings. The van der Waals surface area contributed by atoms with Crippen molar-refractivity contribution in [1.29, 1.82) is 0 Å². The Hall–Kier alpha value is -1.55. The number of carbonyl (C=O) groups excluding carboxylic acids is 1. The summed E-state index contributed by atoms with van der Waals surface area (Å²) in [6.45, 7) is -0.136. The smallest absolute Gasteiger partial charge is 0.306 e. The molecule has 1 N–H and O–H groups in total. The highest BCUT2D eigenvalue weighted by Crippen LogP contribution is 2.32. The molecular weight excluding hydrogens is 208 g/mol. The van der Waals surface area contributed by atoms with Crippen LogP contribution in [0.5, 0.6) is 5.75 Å². The summed E-state index contributed by atoms with van der Waals surface area (Å²) in [5, 5.41) is 9.11. The van der Waals surface area contributed by atoms with Crippen LogP contribution < -0.4 is 4.74 Å². The third-order valence-electron chi connectivity index (χ3n) is 2.84. The lowest BCUT2D eigenvalue weighted by atomic mass is 9.93. The minimum absolute atomic E-state index is 0.0524. The fourth-order valence-corrected chi connectivity index (χ4v) is 1.96. The average Bonchev–Trinajstić information content (AvgIpc) is 2.70. The predicted octanol–water partition coefficient (Wildman–Crippen LogP) is 1.09. The first-order chi connectivity index (χ1) is 7.74. The number of methoxy groups -OCH3 is 1. The lowest BCUT2D eigenvalue weighted by Crippen LogP contribution is -2.18. The molecule has 4 nitrogen and oxygen atoms in total. The molecule has 0 aliphatic carbocycles. The summed E-state index contributed by atoms with van der Waals surface area (Å²) in [4.78, 5) is 11.2. The van der Waals surface area contributed by atoms with Crippen molar-refractivity contribution in [2.45, 2.75) is 18.4 Å². The molecular formula is C12H14O4. The van der Waals surface area contributed by atoms with Crippen molar-refractivity contribution in [2.24, 2.45) is 0 Å². The van der Waals surface area contributed by atoms with E-state index in [1.54, 1.807) is 7.11 Å². The van der Waals surface area contributed by atoms with Crippen LogP contribution in [0.15, 0.2) is 24.3 Å². The molecule has 1 aliphatic rings. The van der Waals surface area contributed by atoms with Gasteiger partial charge in [-0.05, 0) is 17.7 Å². The number of ether oxygens (including phenoxy) is 2. The number of esters is 1. The summed E-state index contributed by atoms with van der Waals surface area (Å²) in [5.74, 6) is 0.470. The van der Waals surface area contributed by atoms with Gasteiger partial charge in [0.2, 0.25) is 0 Å². The Morgan fingerprint density at radius 1 is 1.44 bits per heavy atom. The molecule has 0 aromatic heterocycles. The van der Waals surface area contributed by atoms with E-state index in [1.165, 1.54) is 0 Å². The number of rotatable bonds is 3. The highest BCUT2D eigenvalue weighted by Gasteiger charge is 2.35. The molecule has 0 saturated carbocycles. The van der Waals surface area contributed by atoms with Crippen molar-refractivity contribution in [3.63, 3.8) is 0 Å². The van der Waals surface area contributed by atoms with Crippen LogP contribution in [0.3, 0.4) is 0 Å². The zero-order chi connectivity index (χ0) is 11.5. The Morgan fingerprint density at radius 3 is 2.69 bits per heavy atom. The van der Waals surface area contributed by atoms with Gasteiger partial charge in [0.25, 0.3) is 0 Å². The van der Waals surface area contributed by atoms with Crippen LogP contribution in [-0.2, 0) is 9.53 Å². The molecule has 86 valence electrons. The summed E-state index contributed by atoms with van der Waals surface area (Å²) >= 11 is 0. The van der Waals surface area contributed by atoms with Crippen molar-refractivity contribution in [1.82, 2.24) is 0 Å². The van der Waals surface area contributed by atoms with Crippen molar-refractivity contribution in [3.05, 3.63) is 29.8 Å². The van der Waals surface area contributed by atoms with Crippen molar-refractivity contribution in [2.75, 3.05) is 13.7 Å². The van der Waals surface area contributed by atoms with E-state index in [-0.39, 0.29) is 18.5 Å². The van der Waals surface area contributed by atoms with Gasteiger partial charge in [0.1, 0.15) is 11.9 Å². The number of carbonyl (C=O) groups is 1. The average molecular weight is 222 g/mol. The molecule has 1 aromatic carbocycles. The van der Waals surface area contributed by atoms with Crippen LogP contribution in [0.2, 0.25) is 0 Å². The second-order valence-electron chi connectivity index (χ2n) is 3.79. The quantitative estimate of drug-likeness (QED) is 0.778. The highest BCUT2D eigenvalue weighted by atomic mass is 16.6. The normalized spacial score (nSPS) is 24.2. The number of benzene rings is 1. The third kappa shape index (κ3) is 2.02. The first-order valence-electron chi connectivity index (χ1n) is 5.19. The minimum atomic E-state index is -0.416. The van der Waals surface area contributed by atoms with E-state index in [2.05, 4.69) is 0 Å². The van der Waals surface area contributed by atoms with Crippen LogP contribution in [0.1, 0.15) is 17.9 Å². The number of hydrogen-bond donors (Lipinski definition) is 1. The van der Waals surface area contributed by atoms with E-state index in [0.717, 1.165) is 11.3 Å². The van der Waals surface area contributed by atoms with E-state index < -0.39 is 6.10 Å². The number of cyclic esters (lactones) is 1. The van der Waals surface area contributed by atoms with Gasteiger partial charge in [-0.25, -0.2) is 0 Å². The molecule has 1 fully saturated rings. The summed E-state index contributed by atoms with van der Waals surface area (Å²) in [6, 6.07) is 7.47. The number of aliphatic hydroxyl groups excluding tert-OH is 1. The molecule has 0 bridgehead atoms. The van der Waals surface area contributed by atoms with Crippen molar-refractivity contribution < 1.29 is 19.4 Å². The van der Waals surface area contributed by atoms with E-state index >= 15 is 0 Å². The molecule has 2 atom stereocenters. The zero-order valence-corrected chi connectivity index (χ0v) is 9.05. The SMILES string of the molecule is COc1ccc([C@H]2CC(=O)O[C@H]2CO)cc1. The van der Waals surface area contributed by atoms with Crippen molar-refractivity contribution in [3.8, 4) is 5.75 Å². The number of aliphatic hydroxyl groups is 1. The standard InChI is InChI=1S/C12H14O4/c1-15-9-4-2-8(3-5-9)10-6-12(14)16-11(10)7-13/h2-5,10-11,13H,6-7H2,1H3/t10-,11+/m1/s1. The van der Waals surface area contributed by atoms with Gasteiger partial charge < -0.3 is 14.6 Å². The van der Waals surface area contributed by atoms with Crippen LogP contribution in [0.4, 0.5) is 0 Å². The van der Waals surface area contributed by atoms with Gasteiger partial charge in [-0.1, -0.05) is 12.1 Å². The van der Waals surface area contributed by atoms with Crippen LogP contribution in [0, 0.1) is 0 Å². The van der Waals surface area contributed by atoms with Crippen molar-refractivity contribution >= 4 is 5.97 Å². The van der Waals surface area contributed by atoms with Gasteiger partial charge in [0, 0.05) is 5.92 Å². The molecule has 0 amide bonds. The maximum atomic E-state index is 11.2. The van der Waals surface area contributed by atoms with Gasteiger partial charge in [-0.3, -0.25) is 4.79 Å². The Morgan fingerprint density at radius 2 is 2.12 bits per heavy atom. The van der Waals surface area contributed by atoms with Gasteiger partial charge >= 0.3 is 5.97 Å². The first-order valence-corrected chi connectivity index (χ1v) is 5.19. The highest BCUT2D eigenvalue weighted by molar-refractivity contribution is 5.73. The lowest BCUT2D eigenvalue weighted by molar-refractivity contribution is -0.142. The van der Waals surface area contributed by atoms with E-state index in [0.29, 0.717) is 6.42 Å². The summed E-state index contributed by atoms with van der Waals surface area (Å²) < 4.78 is 10.1. The fraction of sp³-hybridized carbons (Fsp3) is 0.417. The molecule has 4 heteroatoms. The molecule has 1 aliphatic heterocycles. The maximum Gasteiger partial charge on any atom is 0.306 e. The van der Waals surface area contributed by atoms with E-state index in [1.807, 2.05) is 24.3 Å². The third-order valence-corrected chi connectivity index (χ3v) is 2.84. The van der Waals surface area contributed by atoms with Gasteiger partial charge in [-0.2, -0.15) is 0 Å². The molecule has 16 heavy (non-hydrogen) atoms. The Labute approximate surface area is 93.8 Å². The summed E-state index contributed by atoms with van der Waals surface area (Å²) in [5.41, 5.74) is 0.991. The predicted molar refractivity (Wildman–Crippen MR) is 57.3 cm³/mol. The molecule has 0 radical (unpaired) electrons. The molecule has 1 heterocycles. The zero-order valence-electron chi connectivity index (χ0n) is 9.05. The van der Waals surface area contributed by atoms with E-state index in [4.69, 9.17) is 14.6 Å². The van der Waals surface area contributed by atoms with Crippen LogP contribution in [-0.4, -0.2) is 30.9 Å². The maximum absolute atomic E-state index is 11.2.